The zero-order valence-electron chi connectivity index (χ0n) is 9.71. The fraction of sp³-hybridized carbons (Fsp3) is 0.538. The highest BCUT2D eigenvalue weighted by Gasteiger charge is 2.27. The minimum Gasteiger partial charge on any atom is -0.370 e. The van der Waals surface area contributed by atoms with Gasteiger partial charge in [-0.3, -0.25) is 0 Å². The Morgan fingerprint density at radius 3 is 2.44 bits per heavy atom. The molecule has 1 aliphatic heterocycles. The first kappa shape index (κ1) is 12.3. The van der Waals surface area contributed by atoms with E-state index in [4.69, 9.17) is 11.6 Å². The second kappa shape index (κ2) is 4.97. The summed E-state index contributed by atoms with van der Waals surface area (Å²) in [5.41, 5.74) is 2.41. The maximum Gasteiger partial charge on any atom is 0.0642 e. The first-order valence-electron chi connectivity index (χ1n) is 5.71. The monoisotopic (exact) mass is 301 g/mol. The van der Waals surface area contributed by atoms with Crippen LogP contribution in [0.25, 0.3) is 0 Å². The zero-order chi connectivity index (χ0) is 11.7. The molecule has 0 spiro atoms. The second-order valence-corrected chi connectivity index (χ2v) is 5.75. The van der Waals surface area contributed by atoms with E-state index < -0.39 is 0 Å². The third-order valence-electron chi connectivity index (χ3n) is 3.50. The van der Waals surface area contributed by atoms with E-state index in [2.05, 4.69) is 52.9 Å². The van der Waals surface area contributed by atoms with Crippen molar-refractivity contribution in [1.29, 1.82) is 0 Å². The number of rotatable bonds is 2. The molecule has 0 bridgehead atoms. The van der Waals surface area contributed by atoms with Crippen LogP contribution in [0.2, 0.25) is 5.02 Å². The maximum atomic E-state index is 6.32. The van der Waals surface area contributed by atoms with Crippen LogP contribution in [0.1, 0.15) is 19.4 Å². The molecule has 0 amide bonds. The molecular formula is C13H17BrClN. The molecule has 1 saturated heterocycles. The number of hydrogen-bond acceptors (Lipinski definition) is 1. The van der Waals surface area contributed by atoms with Gasteiger partial charge in [0.25, 0.3) is 0 Å². The van der Waals surface area contributed by atoms with Gasteiger partial charge in [0, 0.05) is 18.4 Å². The van der Waals surface area contributed by atoms with Gasteiger partial charge in [-0.05, 0) is 29.5 Å². The van der Waals surface area contributed by atoms with Gasteiger partial charge in [-0.25, -0.2) is 0 Å². The Bertz CT molecular complexity index is 370. The van der Waals surface area contributed by atoms with Gasteiger partial charge in [0.2, 0.25) is 0 Å². The van der Waals surface area contributed by atoms with E-state index in [-0.39, 0.29) is 0 Å². The SMILES string of the molecule is CC1CN(c2ccc(CBr)cc2Cl)CC1C. The molecule has 2 rings (SSSR count). The van der Waals surface area contributed by atoms with Crippen LogP contribution in [0.15, 0.2) is 18.2 Å². The molecular weight excluding hydrogens is 286 g/mol. The highest BCUT2D eigenvalue weighted by molar-refractivity contribution is 9.08. The zero-order valence-corrected chi connectivity index (χ0v) is 12.1. The number of alkyl halides is 1. The van der Waals surface area contributed by atoms with Gasteiger partial charge in [-0.15, -0.1) is 0 Å². The van der Waals surface area contributed by atoms with Crippen molar-refractivity contribution in [3.05, 3.63) is 28.8 Å². The number of hydrogen-bond donors (Lipinski definition) is 0. The van der Waals surface area contributed by atoms with E-state index >= 15 is 0 Å². The van der Waals surface area contributed by atoms with Gasteiger partial charge >= 0.3 is 0 Å². The molecule has 0 aliphatic carbocycles. The molecule has 3 heteroatoms. The van der Waals surface area contributed by atoms with Gasteiger partial charge in [0.1, 0.15) is 0 Å². The molecule has 1 aromatic carbocycles. The summed E-state index contributed by atoms with van der Waals surface area (Å²) < 4.78 is 0. The van der Waals surface area contributed by atoms with Crippen LogP contribution in [0.4, 0.5) is 5.69 Å². The van der Waals surface area contributed by atoms with Crippen molar-refractivity contribution in [3.63, 3.8) is 0 Å². The number of benzene rings is 1. The van der Waals surface area contributed by atoms with E-state index in [1.165, 1.54) is 11.3 Å². The summed E-state index contributed by atoms with van der Waals surface area (Å²) in [5, 5.41) is 1.73. The van der Waals surface area contributed by atoms with Crippen molar-refractivity contribution in [2.24, 2.45) is 11.8 Å². The van der Waals surface area contributed by atoms with Crippen molar-refractivity contribution < 1.29 is 0 Å². The minimum absolute atomic E-state index is 0.756. The summed E-state index contributed by atoms with van der Waals surface area (Å²) in [4.78, 5) is 2.40. The Morgan fingerprint density at radius 1 is 1.31 bits per heavy atom. The molecule has 0 aromatic heterocycles. The molecule has 2 unspecified atom stereocenters. The van der Waals surface area contributed by atoms with E-state index in [0.717, 1.165) is 35.3 Å². The van der Waals surface area contributed by atoms with Crippen LogP contribution >= 0.6 is 27.5 Å². The summed E-state index contributed by atoms with van der Waals surface area (Å²) in [5.74, 6) is 1.51. The third kappa shape index (κ3) is 2.38. The predicted molar refractivity (Wildman–Crippen MR) is 74.6 cm³/mol. The summed E-state index contributed by atoms with van der Waals surface area (Å²) in [6, 6.07) is 6.34. The minimum atomic E-state index is 0.756. The van der Waals surface area contributed by atoms with E-state index in [1.54, 1.807) is 0 Å². The largest absolute Gasteiger partial charge is 0.370 e. The summed E-state index contributed by atoms with van der Waals surface area (Å²) in [6.07, 6.45) is 0. The van der Waals surface area contributed by atoms with Crippen molar-refractivity contribution in [3.8, 4) is 0 Å². The molecule has 1 heterocycles. The lowest BCUT2D eigenvalue weighted by Crippen LogP contribution is -2.19. The standard InChI is InChI=1S/C13H17BrClN/c1-9-7-16(8-10(9)2)13-4-3-11(6-14)5-12(13)15/h3-5,9-10H,6-8H2,1-2H3. The second-order valence-electron chi connectivity index (χ2n) is 4.78. The van der Waals surface area contributed by atoms with E-state index in [0.29, 0.717) is 0 Å². The third-order valence-corrected chi connectivity index (χ3v) is 4.45. The normalized spacial score (nSPS) is 25.1. The summed E-state index contributed by atoms with van der Waals surface area (Å²) in [7, 11) is 0. The maximum absolute atomic E-state index is 6.32. The van der Waals surface area contributed by atoms with Crippen LogP contribution < -0.4 is 4.90 Å². The average molecular weight is 303 g/mol. The van der Waals surface area contributed by atoms with Gasteiger partial charge in [0.15, 0.2) is 0 Å². The molecule has 1 nitrogen and oxygen atoms in total. The summed E-state index contributed by atoms with van der Waals surface area (Å²) >= 11 is 9.77. The Hall–Kier alpha value is -0.210. The predicted octanol–water partition coefficient (Wildman–Crippen LogP) is 4.33. The van der Waals surface area contributed by atoms with Crippen LogP contribution in [-0.4, -0.2) is 13.1 Å². The average Bonchev–Trinajstić information content (AvgIpc) is 2.58. The highest BCUT2D eigenvalue weighted by Crippen LogP contribution is 2.33. The fourth-order valence-corrected chi connectivity index (χ4v) is 2.89. The van der Waals surface area contributed by atoms with Crippen LogP contribution in [0.3, 0.4) is 0 Å². The van der Waals surface area contributed by atoms with Crippen molar-refractivity contribution >= 4 is 33.2 Å². The first-order valence-corrected chi connectivity index (χ1v) is 7.21. The van der Waals surface area contributed by atoms with E-state index in [1.807, 2.05) is 0 Å². The van der Waals surface area contributed by atoms with E-state index in [9.17, 15) is 0 Å². The molecule has 1 fully saturated rings. The molecule has 1 aliphatic rings. The van der Waals surface area contributed by atoms with Crippen molar-refractivity contribution in [2.75, 3.05) is 18.0 Å². The molecule has 1 aromatic rings. The van der Waals surface area contributed by atoms with Crippen molar-refractivity contribution in [1.82, 2.24) is 0 Å². The molecule has 0 radical (unpaired) electrons. The van der Waals surface area contributed by atoms with Gasteiger partial charge in [-0.1, -0.05) is 47.4 Å². The number of halogens is 2. The lowest BCUT2D eigenvalue weighted by atomic mass is 10.0. The highest BCUT2D eigenvalue weighted by atomic mass is 79.9. The quantitative estimate of drug-likeness (QED) is 0.735. The topological polar surface area (TPSA) is 3.24 Å². The lowest BCUT2D eigenvalue weighted by Gasteiger charge is -2.20. The summed E-state index contributed by atoms with van der Waals surface area (Å²) in [6.45, 7) is 6.86. The van der Waals surface area contributed by atoms with Gasteiger partial charge < -0.3 is 4.90 Å². The number of nitrogens with zero attached hydrogens (tertiary/aromatic N) is 1. The van der Waals surface area contributed by atoms with Crippen LogP contribution in [0, 0.1) is 11.8 Å². The Kier molecular flexibility index (Phi) is 3.81. The Morgan fingerprint density at radius 2 is 1.94 bits per heavy atom. The molecule has 0 saturated carbocycles. The first-order chi connectivity index (χ1) is 7.61. The smallest absolute Gasteiger partial charge is 0.0642 e. The Balaban J connectivity index is 2.22. The van der Waals surface area contributed by atoms with Gasteiger partial charge in [0.05, 0.1) is 10.7 Å². The van der Waals surface area contributed by atoms with Gasteiger partial charge in [-0.2, -0.15) is 0 Å². The molecule has 16 heavy (non-hydrogen) atoms. The molecule has 0 N–H and O–H groups in total. The van der Waals surface area contributed by atoms with Crippen molar-refractivity contribution in [2.45, 2.75) is 19.2 Å². The number of anilines is 1. The fourth-order valence-electron chi connectivity index (χ4n) is 2.22. The lowest BCUT2D eigenvalue weighted by molar-refractivity contribution is 0.494. The molecule has 2 atom stereocenters. The Labute approximate surface area is 111 Å². The molecule has 88 valence electrons. The van der Waals surface area contributed by atoms with Crippen LogP contribution in [0.5, 0.6) is 0 Å². The van der Waals surface area contributed by atoms with Crippen LogP contribution in [-0.2, 0) is 5.33 Å².